The number of alkyl halides is 4. The maximum Gasteiger partial charge on any atom is 0.471 e. The number of rotatable bonds is 7. The number of nitrogens with zero attached hydrogens (tertiary/aromatic N) is 6. The number of aromatic hydroxyl groups is 1. The minimum atomic E-state index is -5.07. The van der Waals surface area contributed by atoms with Crippen LogP contribution in [0, 0.1) is 24.0 Å². The Labute approximate surface area is 306 Å². The minimum Gasteiger partial charge on any atom is -0.508 e. The van der Waals surface area contributed by atoms with Crippen molar-refractivity contribution in [1.82, 2.24) is 24.8 Å². The summed E-state index contributed by atoms with van der Waals surface area (Å²) in [6.07, 6.45) is 2.56. The van der Waals surface area contributed by atoms with Gasteiger partial charge in [0.1, 0.15) is 46.8 Å². The van der Waals surface area contributed by atoms with Gasteiger partial charge in [0.2, 0.25) is 5.88 Å². The Morgan fingerprint density at radius 2 is 1.85 bits per heavy atom. The van der Waals surface area contributed by atoms with Crippen LogP contribution in [0.1, 0.15) is 51.0 Å². The number of amides is 1. The molecule has 10 nitrogen and oxygen atoms in total. The Morgan fingerprint density at radius 1 is 1.06 bits per heavy atom. The molecule has 1 spiro atoms. The monoisotopic (exact) mass is 754 g/mol. The van der Waals surface area contributed by atoms with Gasteiger partial charge in [0.25, 0.3) is 0 Å². The molecule has 4 aromatic rings. The predicted octanol–water partition coefficient (Wildman–Crippen LogP) is 6.30. The highest BCUT2D eigenvalue weighted by atomic mass is 19.4. The smallest absolute Gasteiger partial charge is 0.471 e. The molecule has 1 aliphatic carbocycles. The minimum absolute atomic E-state index is 0.00392. The van der Waals surface area contributed by atoms with Crippen molar-refractivity contribution >= 4 is 33.4 Å². The number of terminal acetylenes is 1. The van der Waals surface area contributed by atoms with Crippen molar-refractivity contribution in [3.05, 3.63) is 41.5 Å². The van der Waals surface area contributed by atoms with Gasteiger partial charge in [-0.1, -0.05) is 12.0 Å². The molecular weight excluding hydrogens is 718 g/mol. The molecule has 16 heteroatoms. The summed E-state index contributed by atoms with van der Waals surface area (Å²) in [5.41, 5.74) is -2.71. The summed E-state index contributed by atoms with van der Waals surface area (Å²) in [6.45, 7) is 2.20. The van der Waals surface area contributed by atoms with Gasteiger partial charge >= 0.3 is 18.1 Å². The zero-order valence-electron chi connectivity index (χ0n) is 29.3. The second-order valence-electron chi connectivity index (χ2n) is 14.5. The molecule has 2 atom stereocenters. The molecule has 0 radical (unpaired) electrons. The summed E-state index contributed by atoms with van der Waals surface area (Å²) in [5.74, 6) is -1.74. The first kappa shape index (κ1) is 36.0. The van der Waals surface area contributed by atoms with Crippen LogP contribution in [0.15, 0.2) is 24.3 Å². The van der Waals surface area contributed by atoms with Crippen LogP contribution in [-0.4, -0.2) is 105 Å². The lowest BCUT2D eigenvalue weighted by Crippen LogP contribution is -2.69. The molecule has 4 fully saturated rings. The zero-order chi connectivity index (χ0) is 38.2. The van der Waals surface area contributed by atoms with Crippen LogP contribution in [0.5, 0.6) is 17.6 Å². The Bertz CT molecular complexity index is 2230. The van der Waals surface area contributed by atoms with Crippen LogP contribution in [0.25, 0.3) is 32.9 Å². The van der Waals surface area contributed by atoms with Crippen molar-refractivity contribution < 1.29 is 45.7 Å². The first-order valence-corrected chi connectivity index (χ1v) is 17.9. The summed E-state index contributed by atoms with van der Waals surface area (Å²) >= 11 is 0. The van der Waals surface area contributed by atoms with Gasteiger partial charge in [-0.25, -0.2) is 18.2 Å². The average Bonchev–Trinajstić information content (AvgIpc) is 3.65. The van der Waals surface area contributed by atoms with Crippen LogP contribution < -0.4 is 14.4 Å². The average molecular weight is 755 g/mol. The van der Waals surface area contributed by atoms with E-state index in [9.17, 15) is 27.5 Å². The third-order valence-electron chi connectivity index (χ3n) is 11.4. The fourth-order valence-corrected chi connectivity index (χ4v) is 8.86. The van der Waals surface area contributed by atoms with Crippen molar-refractivity contribution in [3.63, 3.8) is 0 Å². The number of aromatic nitrogens is 3. The lowest BCUT2D eigenvalue weighted by atomic mass is 9.73. The lowest BCUT2D eigenvalue weighted by Gasteiger charge is -2.56. The molecule has 1 N–H and O–H groups in total. The Morgan fingerprint density at radius 3 is 2.56 bits per heavy atom. The number of halogens is 6. The maximum absolute atomic E-state index is 17.3. The summed E-state index contributed by atoms with van der Waals surface area (Å²) in [4.78, 5) is 30.9. The van der Waals surface area contributed by atoms with E-state index in [4.69, 9.17) is 20.9 Å². The van der Waals surface area contributed by atoms with Crippen LogP contribution >= 0.6 is 0 Å². The molecule has 0 bridgehead atoms. The number of hydrogen-bond acceptors (Lipinski definition) is 9. The quantitative estimate of drug-likeness (QED) is 0.172. The Kier molecular flexibility index (Phi) is 8.70. The standard InChI is InChI=1S/C38H36F6N6O4/c1-3-24-26(40)8-7-21-15-23(51)16-25(27(21)24)30-29(41)31-28(33(45-30)53-4-2)32(47-35(46-31)54-20-37-11-6-12-49(37)18-22(39)17-37)48-13-14-50(34(52)38(42,43)44)36(19-48)9-5-10-36/h1,7-8,15-16,22,51H,4-6,9-14,17-20H2,2H3/t22?,37-/m0/s1. The van der Waals surface area contributed by atoms with Gasteiger partial charge in [0.05, 0.1) is 23.2 Å². The molecule has 2 aromatic carbocycles. The zero-order valence-corrected chi connectivity index (χ0v) is 29.3. The number of fused-ring (bicyclic) bond motifs is 3. The largest absolute Gasteiger partial charge is 0.508 e. The predicted molar refractivity (Wildman–Crippen MR) is 186 cm³/mol. The van der Waals surface area contributed by atoms with Gasteiger partial charge < -0.3 is 24.4 Å². The number of anilines is 1. The van der Waals surface area contributed by atoms with E-state index in [1.807, 2.05) is 4.90 Å². The maximum atomic E-state index is 17.3. The lowest BCUT2D eigenvalue weighted by molar-refractivity contribution is -0.195. The van der Waals surface area contributed by atoms with Crippen molar-refractivity contribution in [1.29, 1.82) is 0 Å². The SMILES string of the molecule is C#Cc1c(F)ccc2cc(O)cc(-c3nc(OCC)c4c(N5CCN(C(=O)C(F)(F)F)C6(CCC6)C5)nc(OC[C@@]56CCCN5CC(F)C6)nc4c3F)c12. The molecule has 1 unspecified atom stereocenters. The number of pyridine rings is 1. The number of phenols is 1. The number of benzene rings is 2. The molecular formula is C38H36F6N6O4. The molecule has 4 aliphatic rings. The molecule has 3 saturated heterocycles. The van der Waals surface area contributed by atoms with Gasteiger partial charge in [0.15, 0.2) is 5.82 Å². The van der Waals surface area contributed by atoms with Crippen molar-refractivity contribution in [2.75, 3.05) is 50.8 Å². The number of hydrogen-bond donors (Lipinski definition) is 1. The van der Waals surface area contributed by atoms with E-state index < -0.39 is 41.0 Å². The first-order chi connectivity index (χ1) is 25.8. The topological polar surface area (TPSA) is 104 Å². The Hall–Kier alpha value is -5.04. The fourth-order valence-electron chi connectivity index (χ4n) is 8.86. The Balaban J connectivity index is 1.32. The molecule has 2 aromatic heterocycles. The molecule has 5 heterocycles. The normalized spacial score (nSPS) is 22.4. The van der Waals surface area contributed by atoms with Gasteiger partial charge in [-0.2, -0.15) is 23.1 Å². The van der Waals surface area contributed by atoms with E-state index in [0.29, 0.717) is 37.6 Å². The highest BCUT2D eigenvalue weighted by molar-refractivity contribution is 6.04. The van der Waals surface area contributed by atoms with Crippen LogP contribution in [0.3, 0.4) is 0 Å². The summed E-state index contributed by atoms with van der Waals surface area (Å²) in [5, 5.41) is 11.1. The van der Waals surface area contributed by atoms with Crippen LogP contribution in [-0.2, 0) is 4.79 Å². The fraction of sp³-hybridized carbons (Fsp3) is 0.474. The van der Waals surface area contributed by atoms with Crippen LogP contribution in [0.4, 0.5) is 32.2 Å². The van der Waals surface area contributed by atoms with E-state index in [2.05, 4.69) is 15.9 Å². The summed E-state index contributed by atoms with van der Waals surface area (Å²) in [7, 11) is 0. The second kappa shape index (κ2) is 13.1. The van der Waals surface area contributed by atoms with Gasteiger partial charge in [-0.3, -0.25) is 9.69 Å². The molecule has 1 saturated carbocycles. The number of carbonyl (C=O) groups is 1. The summed E-state index contributed by atoms with van der Waals surface area (Å²) in [6, 6.07) is 4.81. The number of ether oxygens (including phenoxy) is 2. The highest BCUT2D eigenvalue weighted by Gasteiger charge is 2.55. The van der Waals surface area contributed by atoms with Gasteiger partial charge in [-0.15, -0.1) is 6.42 Å². The summed E-state index contributed by atoms with van der Waals surface area (Å²) < 4.78 is 100. The van der Waals surface area contributed by atoms with E-state index in [-0.39, 0.29) is 102 Å². The third-order valence-corrected chi connectivity index (χ3v) is 11.4. The van der Waals surface area contributed by atoms with E-state index in [1.54, 1.807) is 11.8 Å². The molecule has 284 valence electrons. The third kappa shape index (κ3) is 5.78. The van der Waals surface area contributed by atoms with Crippen molar-refractivity contribution in [2.24, 2.45) is 0 Å². The molecule has 3 aliphatic heterocycles. The van der Waals surface area contributed by atoms with E-state index in [0.717, 1.165) is 17.4 Å². The van der Waals surface area contributed by atoms with Crippen molar-refractivity contribution in [3.8, 4) is 41.2 Å². The number of piperazine rings is 1. The first-order valence-electron chi connectivity index (χ1n) is 17.9. The van der Waals surface area contributed by atoms with E-state index >= 15 is 8.78 Å². The van der Waals surface area contributed by atoms with Gasteiger partial charge in [0, 0.05) is 43.5 Å². The van der Waals surface area contributed by atoms with Crippen molar-refractivity contribution in [2.45, 2.75) is 68.9 Å². The number of carbonyl (C=O) groups excluding carboxylic acids is 1. The van der Waals surface area contributed by atoms with E-state index in [1.165, 1.54) is 18.2 Å². The molecule has 54 heavy (non-hydrogen) atoms. The van der Waals surface area contributed by atoms with Crippen LogP contribution in [0.2, 0.25) is 0 Å². The second-order valence-corrected chi connectivity index (χ2v) is 14.5. The highest BCUT2D eigenvalue weighted by Crippen LogP contribution is 2.47. The van der Waals surface area contributed by atoms with Gasteiger partial charge in [-0.05, 0) is 69.2 Å². The molecule has 8 rings (SSSR count). The molecule has 1 amide bonds. The number of phenolic OH excluding ortho intramolecular Hbond substituents is 1.